The van der Waals surface area contributed by atoms with E-state index in [9.17, 15) is 9.59 Å². The van der Waals surface area contributed by atoms with Gasteiger partial charge in [0.2, 0.25) is 5.91 Å². The Balaban J connectivity index is 2.20. The van der Waals surface area contributed by atoms with Gasteiger partial charge in [0.15, 0.2) is 0 Å². The van der Waals surface area contributed by atoms with E-state index in [-0.39, 0.29) is 18.4 Å². The minimum absolute atomic E-state index is 0.0157. The summed E-state index contributed by atoms with van der Waals surface area (Å²) in [6, 6.07) is 3.60. The van der Waals surface area contributed by atoms with E-state index >= 15 is 0 Å². The molecule has 0 aliphatic rings. The second-order valence-electron chi connectivity index (χ2n) is 4.03. The van der Waals surface area contributed by atoms with Crippen LogP contribution in [0.1, 0.15) is 29.4 Å². The molecule has 0 aliphatic carbocycles. The van der Waals surface area contributed by atoms with Crippen molar-refractivity contribution in [1.82, 2.24) is 10.2 Å². The molecule has 0 aliphatic heterocycles. The van der Waals surface area contributed by atoms with Crippen molar-refractivity contribution in [2.24, 2.45) is 0 Å². The van der Waals surface area contributed by atoms with Crippen LogP contribution in [0.2, 0.25) is 0 Å². The summed E-state index contributed by atoms with van der Waals surface area (Å²) in [5, 5.41) is 13.5. The summed E-state index contributed by atoms with van der Waals surface area (Å²) >= 11 is 1.40. The highest BCUT2D eigenvalue weighted by atomic mass is 32.1. The predicted octanol–water partition coefficient (Wildman–Crippen LogP) is 1.10. The van der Waals surface area contributed by atoms with E-state index in [1.165, 1.54) is 11.3 Å². The summed E-state index contributed by atoms with van der Waals surface area (Å²) in [6.45, 7) is 3.32. The Morgan fingerprint density at radius 1 is 1.47 bits per heavy atom. The second-order valence-corrected chi connectivity index (χ2v) is 4.98. The van der Waals surface area contributed by atoms with Gasteiger partial charge < -0.3 is 15.3 Å². The van der Waals surface area contributed by atoms with E-state index < -0.39 is 0 Å². The average molecular weight is 284 g/mol. The zero-order valence-electron chi connectivity index (χ0n) is 11.1. The standard InChI is InChI=1S/C13H20N2O3S/c1-2-15(8-9-16)12(17)6-3-7-14-13(18)11-5-4-10-19-11/h4-5,10,16H,2-3,6-9H2,1H3,(H,14,18). The first kappa shape index (κ1) is 15.7. The number of nitrogens with one attached hydrogen (secondary N) is 1. The Hall–Kier alpha value is -1.40. The molecular formula is C13H20N2O3S. The minimum atomic E-state index is -0.0924. The topological polar surface area (TPSA) is 69.6 Å². The molecule has 0 radical (unpaired) electrons. The van der Waals surface area contributed by atoms with Crippen molar-refractivity contribution in [2.75, 3.05) is 26.2 Å². The number of hydrogen-bond donors (Lipinski definition) is 2. The van der Waals surface area contributed by atoms with Gasteiger partial charge in [0.1, 0.15) is 0 Å². The number of likely N-dealkylation sites (N-methyl/N-ethyl adjacent to an activating group) is 1. The van der Waals surface area contributed by atoms with E-state index in [0.717, 1.165) is 0 Å². The van der Waals surface area contributed by atoms with Gasteiger partial charge in [-0.2, -0.15) is 0 Å². The summed E-state index contributed by atoms with van der Waals surface area (Å²) in [7, 11) is 0. The molecule has 2 N–H and O–H groups in total. The molecule has 5 nitrogen and oxygen atoms in total. The molecule has 0 aromatic carbocycles. The summed E-state index contributed by atoms with van der Waals surface area (Å²) in [6.07, 6.45) is 0.996. The molecule has 106 valence electrons. The minimum Gasteiger partial charge on any atom is -0.395 e. The fraction of sp³-hybridized carbons (Fsp3) is 0.538. The Morgan fingerprint density at radius 2 is 2.26 bits per heavy atom. The van der Waals surface area contributed by atoms with E-state index in [1.54, 1.807) is 11.0 Å². The molecule has 0 spiro atoms. The van der Waals surface area contributed by atoms with Gasteiger partial charge in [-0.25, -0.2) is 0 Å². The first-order chi connectivity index (χ1) is 9.19. The van der Waals surface area contributed by atoms with Crippen molar-refractivity contribution in [2.45, 2.75) is 19.8 Å². The lowest BCUT2D eigenvalue weighted by Gasteiger charge is -2.19. The zero-order valence-corrected chi connectivity index (χ0v) is 11.9. The van der Waals surface area contributed by atoms with Crippen LogP contribution in [0.3, 0.4) is 0 Å². The molecule has 0 unspecified atom stereocenters. The molecular weight excluding hydrogens is 264 g/mol. The van der Waals surface area contributed by atoms with Crippen LogP contribution in [0, 0.1) is 0 Å². The third-order valence-electron chi connectivity index (χ3n) is 2.70. The normalized spacial score (nSPS) is 10.2. The Bertz CT molecular complexity index is 393. The smallest absolute Gasteiger partial charge is 0.261 e. The van der Waals surface area contributed by atoms with Crippen LogP contribution in [0.25, 0.3) is 0 Å². The summed E-state index contributed by atoms with van der Waals surface area (Å²) in [4.78, 5) is 25.7. The number of thiophene rings is 1. The third-order valence-corrected chi connectivity index (χ3v) is 3.57. The maximum Gasteiger partial charge on any atom is 0.261 e. The first-order valence-electron chi connectivity index (χ1n) is 6.39. The lowest BCUT2D eigenvalue weighted by atomic mass is 10.2. The van der Waals surface area contributed by atoms with Gasteiger partial charge in [-0.1, -0.05) is 6.07 Å². The van der Waals surface area contributed by atoms with Crippen LogP contribution in [0.15, 0.2) is 17.5 Å². The Morgan fingerprint density at radius 3 is 2.84 bits per heavy atom. The number of amides is 2. The quantitative estimate of drug-likeness (QED) is 0.702. The zero-order chi connectivity index (χ0) is 14.1. The third kappa shape index (κ3) is 5.40. The Kier molecular flexibility index (Phi) is 7.14. The average Bonchev–Trinajstić information content (AvgIpc) is 2.94. The summed E-state index contributed by atoms with van der Waals surface area (Å²) in [5.41, 5.74) is 0. The van der Waals surface area contributed by atoms with Crippen LogP contribution in [0.4, 0.5) is 0 Å². The SMILES string of the molecule is CCN(CCO)C(=O)CCCNC(=O)c1cccs1. The van der Waals surface area contributed by atoms with E-state index in [1.807, 2.05) is 18.4 Å². The number of aliphatic hydroxyl groups is 1. The van der Waals surface area contributed by atoms with Gasteiger partial charge in [0.25, 0.3) is 5.91 Å². The van der Waals surface area contributed by atoms with Crippen molar-refractivity contribution >= 4 is 23.2 Å². The van der Waals surface area contributed by atoms with Gasteiger partial charge in [-0.05, 0) is 24.8 Å². The summed E-state index contributed by atoms with van der Waals surface area (Å²) < 4.78 is 0. The van der Waals surface area contributed by atoms with Crippen LogP contribution in [0.5, 0.6) is 0 Å². The van der Waals surface area contributed by atoms with E-state index in [0.29, 0.717) is 37.4 Å². The van der Waals surface area contributed by atoms with Crippen molar-refractivity contribution in [3.63, 3.8) is 0 Å². The maximum atomic E-state index is 11.7. The fourth-order valence-electron chi connectivity index (χ4n) is 1.67. The van der Waals surface area contributed by atoms with Crippen LogP contribution in [-0.2, 0) is 4.79 Å². The maximum absolute atomic E-state index is 11.7. The molecule has 0 fully saturated rings. The van der Waals surface area contributed by atoms with Crippen molar-refractivity contribution in [1.29, 1.82) is 0 Å². The van der Waals surface area contributed by atoms with Gasteiger partial charge >= 0.3 is 0 Å². The number of aliphatic hydroxyl groups excluding tert-OH is 1. The van der Waals surface area contributed by atoms with Gasteiger partial charge in [-0.3, -0.25) is 9.59 Å². The van der Waals surface area contributed by atoms with Crippen LogP contribution < -0.4 is 5.32 Å². The molecule has 1 rings (SSSR count). The highest BCUT2D eigenvalue weighted by Gasteiger charge is 2.11. The van der Waals surface area contributed by atoms with E-state index in [4.69, 9.17) is 5.11 Å². The number of nitrogens with zero attached hydrogens (tertiary/aromatic N) is 1. The van der Waals surface area contributed by atoms with Crippen molar-refractivity contribution in [3.05, 3.63) is 22.4 Å². The molecule has 1 aromatic heterocycles. The fourth-order valence-corrected chi connectivity index (χ4v) is 2.31. The van der Waals surface area contributed by atoms with Crippen LogP contribution in [-0.4, -0.2) is 48.1 Å². The lowest BCUT2D eigenvalue weighted by Crippen LogP contribution is -2.34. The highest BCUT2D eigenvalue weighted by molar-refractivity contribution is 7.12. The Labute approximate surface area is 117 Å². The largest absolute Gasteiger partial charge is 0.395 e. The number of carbonyl (C=O) groups excluding carboxylic acids is 2. The molecule has 0 atom stereocenters. The molecule has 0 saturated heterocycles. The predicted molar refractivity (Wildman–Crippen MR) is 75.2 cm³/mol. The lowest BCUT2D eigenvalue weighted by molar-refractivity contribution is -0.131. The monoisotopic (exact) mass is 284 g/mol. The number of carbonyl (C=O) groups is 2. The van der Waals surface area contributed by atoms with Gasteiger partial charge in [0.05, 0.1) is 11.5 Å². The molecule has 1 aromatic rings. The number of hydrogen-bond acceptors (Lipinski definition) is 4. The van der Waals surface area contributed by atoms with E-state index in [2.05, 4.69) is 5.32 Å². The second kappa shape index (κ2) is 8.66. The van der Waals surface area contributed by atoms with Crippen LogP contribution >= 0.6 is 11.3 Å². The highest BCUT2D eigenvalue weighted by Crippen LogP contribution is 2.07. The van der Waals surface area contributed by atoms with Gasteiger partial charge in [0, 0.05) is 26.1 Å². The first-order valence-corrected chi connectivity index (χ1v) is 7.27. The van der Waals surface area contributed by atoms with Gasteiger partial charge in [-0.15, -0.1) is 11.3 Å². The molecule has 19 heavy (non-hydrogen) atoms. The van der Waals surface area contributed by atoms with Crippen molar-refractivity contribution in [3.8, 4) is 0 Å². The molecule has 0 saturated carbocycles. The molecule has 1 heterocycles. The molecule has 2 amide bonds. The number of rotatable bonds is 8. The van der Waals surface area contributed by atoms with Crippen molar-refractivity contribution < 1.29 is 14.7 Å². The molecule has 6 heteroatoms. The summed E-state index contributed by atoms with van der Waals surface area (Å²) in [5.74, 6) is -0.0768. The molecule has 0 bridgehead atoms.